The van der Waals surface area contributed by atoms with E-state index in [-0.39, 0.29) is 24.8 Å². The maximum atomic E-state index is 5.46. The highest BCUT2D eigenvalue weighted by molar-refractivity contribution is 5.85. The molecule has 0 atom stereocenters. The second-order valence-corrected chi connectivity index (χ2v) is 1.99. The maximum absolute atomic E-state index is 5.46. The lowest BCUT2D eigenvalue weighted by Gasteiger charge is -1.96. The van der Waals surface area contributed by atoms with E-state index in [9.17, 15) is 0 Å². The van der Waals surface area contributed by atoms with Crippen LogP contribution < -0.4 is 5.84 Å². The minimum atomic E-state index is 0. The maximum Gasteiger partial charge on any atom is 0.270 e. The van der Waals surface area contributed by atoms with Crippen LogP contribution in [-0.4, -0.2) is 24.7 Å². The number of hydrogen-bond acceptors (Lipinski definition) is 4. The Labute approximate surface area is 86.5 Å². The summed E-state index contributed by atoms with van der Waals surface area (Å²) in [5.74, 6) is 5.96. The molecule has 0 aliphatic heterocycles. The first-order chi connectivity index (χ1) is 5.38. The topological polar surface area (TPSA) is 74.6 Å². The summed E-state index contributed by atoms with van der Waals surface area (Å²) in [6, 6.07) is 1.79. The molecule has 2 heterocycles. The van der Waals surface area contributed by atoms with Crippen LogP contribution in [-0.2, 0) is 0 Å². The largest absolute Gasteiger partial charge is 0.335 e. The van der Waals surface area contributed by atoms with Crippen LogP contribution in [0, 0.1) is 0 Å². The van der Waals surface area contributed by atoms with Crippen LogP contribution in [0.2, 0.25) is 0 Å². The molecule has 2 aromatic rings. The van der Waals surface area contributed by atoms with Gasteiger partial charge >= 0.3 is 0 Å². The summed E-state index contributed by atoms with van der Waals surface area (Å²) in [5, 5.41) is 11.3. The summed E-state index contributed by atoms with van der Waals surface area (Å²) in [5.41, 5.74) is 0. The van der Waals surface area contributed by atoms with Crippen molar-refractivity contribution >= 4 is 24.8 Å². The van der Waals surface area contributed by atoms with Crippen molar-refractivity contribution in [3.8, 4) is 5.95 Å². The lowest BCUT2D eigenvalue weighted by atomic mass is 10.7. The van der Waals surface area contributed by atoms with E-state index in [1.165, 1.54) is 15.7 Å². The van der Waals surface area contributed by atoms with E-state index < -0.39 is 0 Å². The number of hydrogen-bond donors (Lipinski definition) is 1. The molecule has 72 valence electrons. The molecule has 2 aromatic heterocycles. The van der Waals surface area contributed by atoms with E-state index in [4.69, 9.17) is 5.84 Å². The molecule has 0 saturated heterocycles. The molecule has 13 heavy (non-hydrogen) atoms. The molecule has 0 aliphatic carbocycles. The van der Waals surface area contributed by atoms with Crippen molar-refractivity contribution in [2.75, 3.05) is 5.84 Å². The Balaban J connectivity index is 0.000000720. The van der Waals surface area contributed by atoms with Crippen molar-refractivity contribution in [2.24, 2.45) is 0 Å². The summed E-state index contributed by atoms with van der Waals surface area (Å²) in [4.78, 5) is 0. The predicted octanol–water partition coefficient (Wildman–Crippen LogP) is 0.0212. The molecule has 2 N–H and O–H groups in total. The second kappa shape index (κ2) is 4.68. The monoisotopic (exact) mass is 222 g/mol. The predicted molar refractivity (Wildman–Crippen MR) is 51.8 cm³/mol. The zero-order valence-electron chi connectivity index (χ0n) is 6.44. The van der Waals surface area contributed by atoms with Crippen LogP contribution in [0.5, 0.6) is 0 Å². The minimum absolute atomic E-state index is 0. The second-order valence-electron chi connectivity index (χ2n) is 1.99. The molecule has 2 rings (SSSR count). The smallest absolute Gasteiger partial charge is 0.270 e. The van der Waals surface area contributed by atoms with Gasteiger partial charge in [0.25, 0.3) is 5.95 Å². The van der Waals surface area contributed by atoms with E-state index in [1.54, 1.807) is 18.5 Å². The van der Waals surface area contributed by atoms with E-state index in [1.807, 2.05) is 0 Å². The Morgan fingerprint density at radius 2 is 2.08 bits per heavy atom. The van der Waals surface area contributed by atoms with Crippen molar-refractivity contribution in [1.82, 2.24) is 24.7 Å². The van der Waals surface area contributed by atoms with Gasteiger partial charge < -0.3 is 5.84 Å². The molecule has 0 aromatic carbocycles. The van der Waals surface area contributed by atoms with Crippen molar-refractivity contribution < 1.29 is 0 Å². The van der Waals surface area contributed by atoms with Crippen LogP contribution in [0.15, 0.2) is 24.8 Å². The van der Waals surface area contributed by atoms with Crippen molar-refractivity contribution in [2.45, 2.75) is 0 Å². The van der Waals surface area contributed by atoms with Gasteiger partial charge in [0.15, 0.2) is 0 Å². The fraction of sp³-hybridized carbons (Fsp3) is 0. The molecule has 8 heteroatoms. The molecule has 0 spiro atoms. The van der Waals surface area contributed by atoms with Gasteiger partial charge in [-0.1, -0.05) is 0 Å². The van der Waals surface area contributed by atoms with E-state index >= 15 is 0 Å². The minimum Gasteiger partial charge on any atom is -0.335 e. The molecule has 0 aliphatic rings. The standard InChI is InChI=1S/C5H6N6.2ClH/c6-10-4-7-9-5(10)11-3-1-2-8-11;;/h1-4H,6H2;2*1H. The van der Waals surface area contributed by atoms with Crippen LogP contribution in [0.4, 0.5) is 0 Å². The van der Waals surface area contributed by atoms with Crippen molar-refractivity contribution in [1.29, 1.82) is 0 Å². The number of halogens is 2. The third-order valence-corrected chi connectivity index (χ3v) is 1.26. The van der Waals surface area contributed by atoms with Crippen molar-refractivity contribution in [3.63, 3.8) is 0 Å². The van der Waals surface area contributed by atoms with Crippen LogP contribution in [0.1, 0.15) is 0 Å². The highest BCUT2D eigenvalue weighted by Gasteiger charge is 2.01. The molecule has 0 radical (unpaired) electrons. The average Bonchev–Trinajstić information content (AvgIpc) is 2.55. The van der Waals surface area contributed by atoms with E-state index in [0.29, 0.717) is 5.95 Å². The van der Waals surface area contributed by atoms with Gasteiger partial charge in [0.1, 0.15) is 6.33 Å². The zero-order valence-corrected chi connectivity index (χ0v) is 8.07. The summed E-state index contributed by atoms with van der Waals surface area (Å²) >= 11 is 0. The Bertz CT molecular complexity index is 342. The number of aromatic nitrogens is 5. The molecular formula is C5H8Cl2N6. The lowest BCUT2D eigenvalue weighted by Crippen LogP contribution is -2.13. The summed E-state index contributed by atoms with van der Waals surface area (Å²) < 4.78 is 2.83. The van der Waals surface area contributed by atoms with Gasteiger partial charge in [0.2, 0.25) is 0 Å². The number of nitrogens with zero attached hydrogens (tertiary/aromatic N) is 5. The summed E-state index contributed by atoms with van der Waals surface area (Å²) in [7, 11) is 0. The Kier molecular flexibility index (Phi) is 4.22. The Hall–Kier alpha value is -1.27. The van der Waals surface area contributed by atoms with Gasteiger partial charge in [-0.15, -0.1) is 35.0 Å². The molecular weight excluding hydrogens is 215 g/mol. The van der Waals surface area contributed by atoms with E-state index in [0.717, 1.165) is 0 Å². The lowest BCUT2D eigenvalue weighted by molar-refractivity contribution is 0.771. The van der Waals surface area contributed by atoms with Gasteiger partial charge in [0.05, 0.1) is 0 Å². The fourth-order valence-corrected chi connectivity index (χ4v) is 0.788. The fourth-order valence-electron chi connectivity index (χ4n) is 0.788. The molecule has 0 bridgehead atoms. The molecule has 0 unspecified atom stereocenters. The molecule has 0 amide bonds. The summed E-state index contributed by atoms with van der Waals surface area (Å²) in [6.07, 6.45) is 4.80. The Morgan fingerprint density at radius 1 is 1.31 bits per heavy atom. The van der Waals surface area contributed by atoms with Gasteiger partial charge in [-0.05, 0) is 6.07 Å². The van der Waals surface area contributed by atoms with Gasteiger partial charge in [-0.3, -0.25) is 0 Å². The van der Waals surface area contributed by atoms with E-state index in [2.05, 4.69) is 15.3 Å². The Morgan fingerprint density at radius 3 is 2.54 bits per heavy atom. The van der Waals surface area contributed by atoms with Gasteiger partial charge in [-0.25, -0.2) is 9.36 Å². The third-order valence-electron chi connectivity index (χ3n) is 1.26. The van der Waals surface area contributed by atoms with Crippen LogP contribution >= 0.6 is 24.8 Å². The van der Waals surface area contributed by atoms with Gasteiger partial charge in [-0.2, -0.15) is 5.10 Å². The highest BCUT2D eigenvalue weighted by Crippen LogP contribution is 1.95. The first kappa shape index (κ1) is 11.7. The van der Waals surface area contributed by atoms with Crippen LogP contribution in [0.25, 0.3) is 5.95 Å². The molecule has 0 saturated carbocycles. The van der Waals surface area contributed by atoms with Crippen molar-refractivity contribution in [3.05, 3.63) is 24.8 Å². The van der Waals surface area contributed by atoms with Crippen LogP contribution in [0.3, 0.4) is 0 Å². The number of nitrogen functional groups attached to an aromatic ring is 1. The quantitative estimate of drug-likeness (QED) is 0.691. The molecule has 6 nitrogen and oxygen atoms in total. The first-order valence-electron chi connectivity index (χ1n) is 3.03. The number of nitrogens with two attached hydrogens (primary N) is 1. The van der Waals surface area contributed by atoms with Gasteiger partial charge in [0, 0.05) is 12.4 Å². The first-order valence-corrected chi connectivity index (χ1v) is 3.03. The SMILES string of the molecule is Cl.Cl.Nn1cnnc1-n1cccn1. The normalized spacial score (nSPS) is 8.62. The third kappa shape index (κ3) is 2.10. The number of rotatable bonds is 1. The molecule has 0 fully saturated rings. The zero-order chi connectivity index (χ0) is 7.68. The average molecular weight is 223 g/mol. The highest BCUT2D eigenvalue weighted by atomic mass is 35.5. The summed E-state index contributed by atoms with van der Waals surface area (Å²) in [6.45, 7) is 0.